The van der Waals surface area contributed by atoms with Crippen molar-refractivity contribution in [1.82, 2.24) is 0 Å². The lowest BCUT2D eigenvalue weighted by molar-refractivity contribution is -0.380. The molecule has 17 heavy (non-hydrogen) atoms. The summed E-state index contributed by atoms with van der Waals surface area (Å²) in [5.74, 6) is -0.303. The van der Waals surface area contributed by atoms with Crippen molar-refractivity contribution in [2.75, 3.05) is 18.0 Å². The molecule has 1 fully saturated rings. The maximum atomic E-state index is 11.0. The molecule has 1 amide bonds. The number of piperidine rings is 1. The lowest BCUT2D eigenvalue weighted by atomic mass is 9.96. The molecule has 0 bridgehead atoms. The van der Waals surface area contributed by atoms with Crippen LogP contribution >= 0.6 is 11.3 Å². The normalized spacial score (nSPS) is 17.1. The average molecular weight is 255 g/mol. The molecule has 0 atom stereocenters. The zero-order valence-corrected chi connectivity index (χ0v) is 9.98. The fraction of sp³-hybridized carbons (Fsp3) is 0.500. The molecule has 2 N–H and O–H groups in total. The van der Waals surface area contributed by atoms with Gasteiger partial charge in [0, 0.05) is 25.1 Å². The molecule has 1 aliphatic rings. The van der Waals surface area contributed by atoms with Gasteiger partial charge in [-0.3, -0.25) is 14.9 Å². The summed E-state index contributed by atoms with van der Waals surface area (Å²) in [6, 6.07) is 3.27. The van der Waals surface area contributed by atoms with Gasteiger partial charge in [0.25, 0.3) is 0 Å². The van der Waals surface area contributed by atoms with Crippen molar-refractivity contribution in [3.05, 3.63) is 22.2 Å². The van der Waals surface area contributed by atoms with Crippen molar-refractivity contribution in [3.63, 3.8) is 0 Å². The maximum Gasteiger partial charge on any atom is 0.326 e. The molecule has 0 aromatic carbocycles. The van der Waals surface area contributed by atoms with Crippen LogP contribution in [-0.4, -0.2) is 23.9 Å². The fourth-order valence-corrected chi connectivity index (χ4v) is 2.84. The standard InChI is InChI=1S/C10H13N3O3S/c11-10(14)7-3-5-12(6-4-7)8-1-2-9(17-8)13(15)16/h1-2,7H,3-6H2,(H2,11,14). The zero-order chi connectivity index (χ0) is 12.4. The van der Waals surface area contributed by atoms with E-state index in [1.807, 2.05) is 0 Å². The summed E-state index contributed by atoms with van der Waals surface area (Å²) in [4.78, 5) is 23.3. The number of nitrogens with two attached hydrogens (primary N) is 1. The number of thiophene rings is 1. The van der Waals surface area contributed by atoms with Gasteiger partial charge in [-0.2, -0.15) is 0 Å². The second kappa shape index (κ2) is 4.70. The van der Waals surface area contributed by atoms with Crippen LogP contribution in [0.3, 0.4) is 0 Å². The Labute approximate surface area is 102 Å². The minimum Gasteiger partial charge on any atom is -0.369 e. The molecule has 1 aromatic heterocycles. The van der Waals surface area contributed by atoms with Crippen molar-refractivity contribution in [3.8, 4) is 0 Å². The van der Waals surface area contributed by atoms with Gasteiger partial charge in [-0.05, 0) is 30.2 Å². The Morgan fingerprint density at radius 3 is 2.59 bits per heavy atom. The number of nitro groups is 1. The van der Waals surface area contributed by atoms with Gasteiger partial charge in [0.05, 0.1) is 9.92 Å². The van der Waals surface area contributed by atoms with E-state index >= 15 is 0 Å². The van der Waals surface area contributed by atoms with Crippen molar-refractivity contribution < 1.29 is 9.72 Å². The SMILES string of the molecule is NC(=O)C1CCN(c2ccc([N+](=O)[O-])s2)CC1. The Kier molecular flexibility index (Phi) is 3.28. The molecule has 0 radical (unpaired) electrons. The smallest absolute Gasteiger partial charge is 0.326 e. The number of nitrogens with zero attached hydrogens (tertiary/aromatic N) is 2. The van der Waals surface area contributed by atoms with Crippen LogP contribution in [0.1, 0.15) is 12.8 Å². The summed E-state index contributed by atoms with van der Waals surface area (Å²) in [5.41, 5.74) is 5.25. The van der Waals surface area contributed by atoms with Crippen LogP contribution in [0.25, 0.3) is 0 Å². The molecule has 6 nitrogen and oxygen atoms in total. The minimum absolute atomic E-state index is 0.0544. The first-order chi connectivity index (χ1) is 8.08. The van der Waals surface area contributed by atoms with Crippen LogP contribution in [0.2, 0.25) is 0 Å². The maximum absolute atomic E-state index is 11.0. The third-order valence-electron chi connectivity index (χ3n) is 2.97. The number of carbonyl (C=O) groups excluding carboxylic acids is 1. The number of rotatable bonds is 3. The molecule has 0 aliphatic carbocycles. The largest absolute Gasteiger partial charge is 0.369 e. The highest BCUT2D eigenvalue weighted by Gasteiger charge is 2.24. The van der Waals surface area contributed by atoms with Crippen LogP contribution in [-0.2, 0) is 4.79 Å². The Bertz CT molecular complexity index is 438. The first kappa shape index (κ1) is 11.8. The van der Waals surface area contributed by atoms with Crippen LogP contribution in [0, 0.1) is 16.0 Å². The van der Waals surface area contributed by atoms with E-state index in [-0.39, 0.29) is 21.7 Å². The van der Waals surface area contributed by atoms with E-state index < -0.39 is 0 Å². The number of anilines is 1. The predicted molar refractivity (Wildman–Crippen MR) is 65.1 cm³/mol. The van der Waals surface area contributed by atoms with Gasteiger partial charge in [-0.1, -0.05) is 0 Å². The number of carbonyl (C=O) groups is 1. The second-order valence-electron chi connectivity index (χ2n) is 4.03. The van der Waals surface area contributed by atoms with Crippen LogP contribution in [0.15, 0.2) is 12.1 Å². The highest BCUT2D eigenvalue weighted by molar-refractivity contribution is 7.19. The van der Waals surface area contributed by atoms with Crippen LogP contribution < -0.4 is 10.6 Å². The summed E-state index contributed by atoms with van der Waals surface area (Å²) in [6.45, 7) is 1.45. The summed E-state index contributed by atoms with van der Waals surface area (Å²) < 4.78 is 0. The van der Waals surface area contributed by atoms with Gasteiger partial charge < -0.3 is 10.6 Å². The van der Waals surface area contributed by atoms with Crippen LogP contribution in [0.4, 0.5) is 10.0 Å². The second-order valence-corrected chi connectivity index (χ2v) is 5.07. The Hall–Kier alpha value is -1.63. The fourth-order valence-electron chi connectivity index (χ4n) is 1.97. The summed E-state index contributed by atoms with van der Waals surface area (Å²) in [7, 11) is 0. The zero-order valence-electron chi connectivity index (χ0n) is 9.17. The molecule has 2 heterocycles. The Morgan fingerprint density at radius 1 is 1.47 bits per heavy atom. The number of hydrogen-bond donors (Lipinski definition) is 1. The van der Waals surface area contributed by atoms with E-state index in [1.165, 1.54) is 17.4 Å². The van der Waals surface area contributed by atoms with Gasteiger partial charge in [0.2, 0.25) is 5.91 Å². The van der Waals surface area contributed by atoms with E-state index in [2.05, 4.69) is 4.90 Å². The molecule has 1 saturated heterocycles. The van der Waals surface area contributed by atoms with E-state index in [9.17, 15) is 14.9 Å². The number of amides is 1. The Balaban J connectivity index is 2.00. The third kappa shape index (κ3) is 2.55. The molecule has 1 aliphatic heterocycles. The lowest BCUT2D eigenvalue weighted by Gasteiger charge is -2.30. The van der Waals surface area contributed by atoms with Crippen molar-refractivity contribution in [1.29, 1.82) is 0 Å². The van der Waals surface area contributed by atoms with Crippen molar-refractivity contribution in [2.24, 2.45) is 11.7 Å². The van der Waals surface area contributed by atoms with E-state index in [1.54, 1.807) is 6.07 Å². The monoisotopic (exact) mass is 255 g/mol. The number of hydrogen-bond acceptors (Lipinski definition) is 5. The molecular weight excluding hydrogens is 242 g/mol. The first-order valence-electron chi connectivity index (χ1n) is 5.36. The summed E-state index contributed by atoms with van der Waals surface area (Å²) in [5, 5.41) is 11.6. The molecular formula is C10H13N3O3S. The molecule has 92 valence electrons. The van der Waals surface area contributed by atoms with Gasteiger partial charge in [-0.15, -0.1) is 0 Å². The first-order valence-corrected chi connectivity index (χ1v) is 6.18. The lowest BCUT2D eigenvalue weighted by Crippen LogP contribution is -2.38. The molecule has 0 spiro atoms. The van der Waals surface area contributed by atoms with Gasteiger partial charge in [0.1, 0.15) is 0 Å². The quantitative estimate of drug-likeness (QED) is 0.652. The minimum atomic E-state index is -0.385. The summed E-state index contributed by atoms with van der Waals surface area (Å²) in [6.07, 6.45) is 1.45. The van der Waals surface area contributed by atoms with Crippen LogP contribution in [0.5, 0.6) is 0 Å². The summed E-state index contributed by atoms with van der Waals surface area (Å²) >= 11 is 1.17. The Morgan fingerprint density at radius 2 is 2.12 bits per heavy atom. The highest BCUT2D eigenvalue weighted by atomic mass is 32.1. The topological polar surface area (TPSA) is 89.5 Å². The van der Waals surface area contributed by atoms with E-state index in [0.717, 1.165) is 30.9 Å². The third-order valence-corrected chi connectivity index (χ3v) is 4.06. The van der Waals surface area contributed by atoms with Crippen molar-refractivity contribution in [2.45, 2.75) is 12.8 Å². The van der Waals surface area contributed by atoms with Gasteiger partial charge >= 0.3 is 5.00 Å². The van der Waals surface area contributed by atoms with E-state index in [0.29, 0.717) is 0 Å². The molecule has 2 rings (SSSR count). The molecule has 0 saturated carbocycles. The van der Waals surface area contributed by atoms with E-state index in [4.69, 9.17) is 5.73 Å². The number of primary amides is 1. The predicted octanol–water partition coefficient (Wildman–Crippen LogP) is 1.36. The molecule has 7 heteroatoms. The van der Waals surface area contributed by atoms with Gasteiger partial charge in [-0.25, -0.2) is 0 Å². The molecule has 0 unspecified atom stereocenters. The van der Waals surface area contributed by atoms with Gasteiger partial charge in [0.15, 0.2) is 0 Å². The average Bonchev–Trinajstić information content (AvgIpc) is 2.78. The van der Waals surface area contributed by atoms with Crippen molar-refractivity contribution >= 4 is 27.2 Å². The highest BCUT2D eigenvalue weighted by Crippen LogP contribution is 2.33. The molecule has 1 aromatic rings.